The molecular weight excluding hydrogens is 444 g/mol. The van der Waals surface area contributed by atoms with E-state index in [9.17, 15) is 23.1 Å². The van der Waals surface area contributed by atoms with Gasteiger partial charge in [-0.25, -0.2) is 19.7 Å². The summed E-state index contributed by atoms with van der Waals surface area (Å²) in [6, 6.07) is 5.15. The van der Waals surface area contributed by atoms with Gasteiger partial charge in [0.15, 0.2) is 10.9 Å². The van der Waals surface area contributed by atoms with Crippen LogP contribution in [-0.2, 0) is 0 Å². The Hall–Kier alpha value is -2.08. The van der Waals surface area contributed by atoms with Crippen molar-refractivity contribution in [3.05, 3.63) is 42.4 Å². The first-order valence-corrected chi connectivity index (χ1v) is 10.1. The number of ether oxygens (including phenoxy) is 1. The van der Waals surface area contributed by atoms with Crippen LogP contribution in [0.1, 0.15) is 29.4 Å². The zero-order chi connectivity index (χ0) is 21.5. The van der Waals surface area contributed by atoms with Crippen LogP contribution >= 0.6 is 11.8 Å². The summed E-state index contributed by atoms with van der Waals surface area (Å²) in [6.07, 6.45) is 1.63. The van der Waals surface area contributed by atoms with E-state index in [1.165, 1.54) is 48.4 Å². The van der Waals surface area contributed by atoms with Crippen molar-refractivity contribution in [2.45, 2.75) is 30.4 Å². The van der Waals surface area contributed by atoms with Crippen molar-refractivity contribution in [2.75, 3.05) is 6.26 Å². The molecule has 1 fully saturated rings. The normalized spacial score (nSPS) is 13.5. The molecule has 0 amide bonds. The van der Waals surface area contributed by atoms with E-state index in [2.05, 4.69) is 19.7 Å². The molecule has 1 radical (unpaired) electrons. The molecule has 31 heavy (non-hydrogen) atoms. The van der Waals surface area contributed by atoms with Crippen LogP contribution in [0.5, 0.6) is 5.75 Å². The zero-order valence-electron chi connectivity index (χ0n) is 16.6. The molecule has 0 saturated heterocycles. The summed E-state index contributed by atoms with van der Waals surface area (Å²) < 4.78 is 42.8. The molecule has 1 aliphatic carbocycles. The smallest absolute Gasteiger partial charge is 0.477 e. The van der Waals surface area contributed by atoms with Gasteiger partial charge in [0.1, 0.15) is 17.3 Å². The number of alkyl halides is 3. The minimum absolute atomic E-state index is 0. The van der Waals surface area contributed by atoms with E-state index in [0.717, 1.165) is 12.8 Å². The minimum Gasteiger partial charge on any atom is -0.477 e. The van der Waals surface area contributed by atoms with Gasteiger partial charge in [0, 0.05) is 59.1 Å². The molecular formula is C19H15F3N4NaO3S. The molecule has 0 aliphatic heterocycles. The number of aromatic nitrogens is 4. The molecule has 1 N–H and O–H groups in total. The van der Waals surface area contributed by atoms with Crippen LogP contribution in [0.15, 0.2) is 41.8 Å². The van der Waals surface area contributed by atoms with E-state index in [1.807, 2.05) is 6.26 Å². The SMILES string of the molecule is CSc1ncc(-c2nc(-c3ccc(OC(F)(F)F)cc3)n(C3CC3)c2C(=O)O)cn1.[Na]. The predicted octanol–water partition coefficient (Wildman–Crippen LogP) is 4.28. The van der Waals surface area contributed by atoms with Crippen LogP contribution < -0.4 is 4.74 Å². The van der Waals surface area contributed by atoms with Crippen LogP contribution in [0.4, 0.5) is 13.2 Å². The number of nitrogens with zero attached hydrogens (tertiary/aromatic N) is 4. The molecule has 1 saturated carbocycles. The first kappa shape index (κ1) is 23.6. The number of rotatable bonds is 6. The van der Waals surface area contributed by atoms with Gasteiger partial charge in [-0.05, 0) is 43.4 Å². The van der Waals surface area contributed by atoms with E-state index < -0.39 is 12.3 Å². The van der Waals surface area contributed by atoms with Crippen molar-refractivity contribution in [3.63, 3.8) is 0 Å². The number of thioether (sulfide) groups is 1. The van der Waals surface area contributed by atoms with Crippen LogP contribution in [0.25, 0.3) is 22.6 Å². The minimum atomic E-state index is -4.79. The Bertz CT molecular complexity index is 1080. The monoisotopic (exact) mass is 459 g/mol. The fraction of sp³-hybridized carbons (Fsp3) is 0.263. The molecule has 4 rings (SSSR count). The maximum absolute atomic E-state index is 12.4. The molecule has 1 aliphatic rings. The Morgan fingerprint density at radius 1 is 1.16 bits per heavy atom. The number of aromatic carboxylic acids is 1. The third kappa shape index (κ3) is 5.22. The maximum Gasteiger partial charge on any atom is 0.573 e. The van der Waals surface area contributed by atoms with E-state index in [1.54, 1.807) is 4.57 Å². The second-order valence-electron chi connectivity index (χ2n) is 6.57. The Balaban J connectivity index is 0.00000272. The molecule has 0 spiro atoms. The largest absolute Gasteiger partial charge is 0.573 e. The Morgan fingerprint density at radius 3 is 2.26 bits per heavy atom. The fourth-order valence-electron chi connectivity index (χ4n) is 3.08. The van der Waals surface area contributed by atoms with Crippen LogP contribution in [0, 0.1) is 0 Å². The molecule has 0 atom stereocenters. The summed E-state index contributed by atoms with van der Waals surface area (Å²) in [5, 5.41) is 10.4. The van der Waals surface area contributed by atoms with Crippen molar-refractivity contribution in [1.29, 1.82) is 0 Å². The summed E-state index contributed by atoms with van der Waals surface area (Å²) in [7, 11) is 0. The average Bonchev–Trinajstić information content (AvgIpc) is 3.46. The number of hydrogen-bond acceptors (Lipinski definition) is 6. The van der Waals surface area contributed by atoms with Crippen molar-refractivity contribution in [3.8, 4) is 28.4 Å². The molecule has 2 aromatic heterocycles. The third-order valence-electron chi connectivity index (χ3n) is 4.46. The number of benzene rings is 1. The summed E-state index contributed by atoms with van der Waals surface area (Å²) >= 11 is 1.35. The average molecular weight is 459 g/mol. The van der Waals surface area contributed by atoms with Crippen molar-refractivity contribution in [1.82, 2.24) is 19.5 Å². The van der Waals surface area contributed by atoms with Gasteiger partial charge in [0.05, 0.1) is 0 Å². The van der Waals surface area contributed by atoms with Gasteiger partial charge in [-0.3, -0.25) is 0 Å². The molecule has 1 aromatic carbocycles. The standard InChI is InChI=1S/C19H15F3N4O3S.Na/c1-30-18-23-8-11(9-24-18)14-15(17(27)28)26(12-4-5-12)16(25-14)10-2-6-13(7-3-10)29-19(20,21)22;/h2-3,6-9,12H,4-5H2,1H3,(H,27,28);. The van der Waals surface area contributed by atoms with Crippen LogP contribution in [-0.4, -0.2) is 72.8 Å². The van der Waals surface area contributed by atoms with Gasteiger partial charge in [-0.2, -0.15) is 0 Å². The molecule has 2 heterocycles. The Morgan fingerprint density at radius 2 is 1.77 bits per heavy atom. The van der Waals surface area contributed by atoms with Crippen molar-refractivity contribution < 1.29 is 27.8 Å². The van der Waals surface area contributed by atoms with Gasteiger partial charge in [0.25, 0.3) is 0 Å². The summed E-state index contributed by atoms with van der Waals surface area (Å²) in [4.78, 5) is 25.0. The number of halogens is 3. The third-order valence-corrected chi connectivity index (χ3v) is 5.03. The molecule has 0 bridgehead atoms. The first-order valence-electron chi connectivity index (χ1n) is 8.85. The number of carboxylic acid groups (broad SMARTS) is 1. The van der Waals surface area contributed by atoms with Crippen molar-refractivity contribution >= 4 is 47.3 Å². The Labute approximate surface area is 201 Å². The topological polar surface area (TPSA) is 90.1 Å². The molecule has 3 aromatic rings. The molecule has 7 nitrogen and oxygen atoms in total. The first-order chi connectivity index (χ1) is 14.3. The van der Waals surface area contributed by atoms with E-state index in [0.29, 0.717) is 22.1 Å². The summed E-state index contributed by atoms with van der Waals surface area (Å²) in [5.74, 6) is -1.16. The second-order valence-corrected chi connectivity index (χ2v) is 7.34. The number of hydrogen-bond donors (Lipinski definition) is 1. The maximum atomic E-state index is 12.4. The summed E-state index contributed by atoms with van der Waals surface area (Å²) in [6.45, 7) is 0. The van der Waals surface area contributed by atoms with Crippen LogP contribution in [0.2, 0.25) is 0 Å². The quantitative estimate of drug-likeness (QED) is 0.334. The van der Waals surface area contributed by atoms with Crippen molar-refractivity contribution in [2.24, 2.45) is 0 Å². The molecule has 157 valence electrons. The second kappa shape index (κ2) is 9.19. The van der Waals surface area contributed by atoms with Gasteiger partial charge >= 0.3 is 12.3 Å². The molecule has 0 unspecified atom stereocenters. The number of imidazole rings is 1. The fourth-order valence-corrected chi connectivity index (χ4v) is 3.40. The van der Waals surface area contributed by atoms with Gasteiger partial charge in [-0.15, -0.1) is 13.2 Å². The van der Waals surface area contributed by atoms with Gasteiger partial charge < -0.3 is 14.4 Å². The van der Waals surface area contributed by atoms with E-state index >= 15 is 0 Å². The summed E-state index contributed by atoms with van der Waals surface area (Å²) in [5.41, 5.74) is 1.14. The zero-order valence-corrected chi connectivity index (χ0v) is 19.4. The van der Waals surface area contributed by atoms with Gasteiger partial charge in [0.2, 0.25) is 0 Å². The number of carbonyl (C=O) groups is 1. The van der Waals surface area contributed by atoms with Crippen LogP contribution in [0.3, 0.4) is 0 Å². The van der Waals surface area contributed by atoms with E-state index in [-0.39, 0.29) is 52.7 Å². The Kier molecular flexibility index (Phi) is 6.99. The van der Waals surface area contributed by atoms with E-state index in [4.69, 9.17) is 0 Å². The van der Waals surface area contributed by atoms with Gasteiger partial charge in [-0.1, -0.05) is 11.8 Å². The predicted molar refractivity (Wildman–Crippen MR) is 108 cm³/mol. The molecule has 12 heteroatoms. The number of carboxylic acids is 1.